The number of carbonyl (C=O) groups is 2. The summed E-state index contributed by atoms with van der Waals surface area (Å²) in [5, 5.41) is 11.7. The first-order chi connectivity index (χ1) is 7.11. The van der Waals surface area contributed by atoms with E-state index in [1.54, 1.807) is 0 Å². The molecule has 4 N–H and O–H groups in total. The fourth-order valence-corrected chi connectivity index (χ4v) is 0.955. The third-order valence-corrected chi connectivity index (χ3v) is 1.66. The highest BCUT2D eigenvalue weighted by Crippen LogP contribution is 2.11. The molecule has 1 aromatic heterocycles. The minimum absolute atomic E-state index is 0.0549. The molecule has 0 spiro atoms. The lowest BCUT2D eigenvalue weighted by molar-refractivity contribution is -0.117. The van der Waals surface area contributed by atoms with Crippen molar-refractivity contribution in [1.82, 2.24) is 10.3 Å². The van der Waals surface area contributed by atoms with Gasteiger partial charge in [-0.05, 0) is 12.1 Å². The van der Waals surface area contributed by atoms with Gasteiger partial charge in [0.1, 0.15) is 5.75 Å². The molecule has 1 aromatic rings. The molecule has 0 atom stereocenters. The number of nitrogens with two attached hydrogens (primary N) is 1. The van der Waals surface area contributed by atoms with Crippen LogP contribution in [0.25, 0.3) is 0 Å². The fraction of sp³-hybridized carbons (Fsp3) is 0.222. The van der Waals surface area contributed by atoms with Crippen LogP contribution in [0.4, 0.5) is 0 Å². The van der Waals surface area contributed by atoms with Crippen molar-refractivity contribution >= 4 is 11.8 Å². The molecule has 0 aliphatic rings. The minimum atomic E-state index is -0.533. The summed E-state index contributed by atoms with van der Waals surface area (Å²) < 4.78 is 0. The summed E-state index contributed by atoms with van der Waals surface area (Å²) in [5.41, 5.74) is 4.82. The van der Waals surface area contributed by atoms with Crippen LogP contribution in [0.3, 0.4) is 0 Å². The maximum absolute atomic E-state index is 11.4. The van der Waals surface area contributed by atoms with Crippen LogP contribution in [0.2, 0.25) is 0 Å². The molecular weight excluding hydrogens is 198 g/mol. The first-order valence-corrected chi connectivity index (χ1v) is 4.31. The van der Waals surface area contributed by atoms with Crippen molar-refractivity contribution in [3.8, 4) is 5.75 Å². The Labute approximate surface area is 86.1 Å². The van der Waals surface area contributed by atoms with E-state index in [0.717, 1.165) is 0 Å². The molecular formula is C9H11N3O3. The Morgan fingerprint density at radius 1 is 1.53 bits per heavy atom. The van der Waals surface area contributed by atoms with Crippen LogP contribution in [0.15, 0.2) is 18.3 Å². The smallest absolute Gasteiger partial charge is 0.273 e. The first kappa shape index (κ1) is 11.0. The number of amides is 2. The number of primary amides is 1. The summed E-state index contributed by atoms with van der Waals surface area (Å²) in [6.45, 7) is 0.129. The Morgan fingerprint density at radius 3 is 2.87 bits per heavy atom. The number of rotatable bonds is 4. The molecule has 1 heterocycles. The average Bonchev–Trinajstić information content (AvgIpc) is 2.17. The molecule has 15 heavy (non-hydrogen) atoms. The summed E-state index contributed by atoms with van der Waals surface area (Å²) in [6, 6.07) is 2.87. The van der Waals surface area contributed by atoms with Crippen LogP contribution in [0.5, 0.6) is 5.75 Å². The lowest BCUT2D eigenvalue weighted by Gasteiger charge is -2.03. The van der Waals surface area contributed by atoms with E-state index in [9.17, 15) is 14.7 Å². The van der Waals surface area contributed by atoms with Crippen molar-refractivity contribution in [2.75, 3.05) is 6.54 Å². The molecule has 0 aliphatic carbocycles. The van der Waals surface area contributed by atoms with Crippen molar-refractivity contribution in [2.45, 2.75) is 6.42 Å². The van der Waals surface area contributed by atoms with Crippen LogP contribution in [0.1, 0.15) is 16.9 Å². The van der Waals surface area contributed by atoms with E-state index < -0.39 is 11.8 Å². The summed E-state index contributed by atoms with van der Waals surface area (Å²) in [5.74, 6) is -1.23. The van der Waals surface area contributed by atoms with Gasteiger partial charge >= 0.3 is 0 Å². The summed E-state index contributed by atoms with van der Waals surface area (Å²) in [7, 11) is 0. The molecule has 0 saturated carbocycles. The number of hydrogen-bond acceptors (Lipinski definition) is 4. The van der Waals surface area contributed by atoms with E-state index >= 15 is 0 Å². The second-order valence-electron chi connectivity index (χ2n) is 2.84. The third kappa shape index (κ3) is 3.26. The zero-order chi connectivity index (χ0) is 11.3. The van der Waals surface area contributed by atoms with Crippen molar-refractivity contribution in [3.63, 3.8) is 0 Å². The quantitative estimate of drug-likeness (QED) is 0.615. The van der Waals surface area contributed by atoms with Gasteiger partial charge < -0.3 is 16.2 Å². The number of aromatic nitrogens is 1. The highest BCUT2D eigenvalue weighted by Gasteiger charge is 2.11. The fourth-order valence-electron chi connectivity index (χ4n) is 0.955. The SMILES string of the molecule is NC(=O)CCNC(=O)c1ncccc1O. The van der Waals surface area contributed by atoms with Gasteiger partial charge in [-0.2, -0.15) is 0 Å². The van der Waals surface area contributed by atoms with Crippen LogP contribution >= 0.6 is 0 Å². The molecule has 0 aliphatic heterocycles. The number of carbonyl (C=O) groups excluding carboxylic acids is 2. The van der Waals surface area contributed by atoms with E-state index in [-0.39, 0.29) is 24.4 Å². The predicted octanol–water partition coefficient (Wildman–Crippen LogP) is -0.608. The third-order valence-electron chi connectivity index (χ3n) is 1.66. The summed E-state index contributed by atoms with van der Waals surface area (Å²) in [4.78, 5) is 25.4. The van der Waals surface area contributed by atoms with Gasteiger partial charge in [0.05, 0.1) is 0 Å². The zero-order valence-corrected chi connectivity index (χ0v) is 7.93. The molecule has 80 valence electrons. The largest absolute Gasteiger partial charge is 0.505 e. The molecule has 2 amide bonds. The molecule has 0 fully saturated rings. The van der Waals surface area contributed by atoms with Crippen LogP contribution < -0.4 is 11.1 Å². The molecule has 0 unspecified atom stereocenters. The maximum atomic E-state index is 11.4. The number of aromatic hydroxyl groups is 1. The van der Waals surface area contributed by atoms with Gasteiger partial charge in [-0.15, -0.1) is 0 Å². The molecule has 0 aromatic carbocycles. The predicted molar refractivity (Wildman–Crippen MR) is 52.0 cm³/mol. The zero-order valence-electron chi connectivity index (χ0n) is 7.93. The molecule has 6 nitrogen and oxygen atoms in total. The Hall–Kier alpha value is -2.11. The highest BCUT2D eigenvalue weighted by atomic mass is 16.3. The van der Waals surface area contributed by atoms with Gasteiger partial charge in [-0.1, -0.05) is 0 Å². The Balaban J connectivity index is 2.54. The van der Waals surface area contributed by atoms with E-state index in [2.05, 4.69) is 10.3 Å². The van der Waals surface area contributed by atoms with Crippen molar-refractivity contribution in [3.05, 3.63) is 24.0 Å². The van der Waals surface area contributed by atoms with Gasteiger partial charge in [-0.3, -0.25) is 9.59 Å². The average molecular weight is 209 g/mol. The lowest BCUT2D eigenvalue weighted by atomic mass is 10.3. The van der Waals surface area contributed by atoms with Crippen molar-refractivity contribution in [2.24, 2.45) is 5.73 Å². The second kappa shape index (κ2) is 4.94. The highest BCUT2D eigenvalue weighted by molar-refractivity contribution is 5.94. The first-order valence-electron chi connectivity index (χ1n) is 4.31. The van der Waals surface area contributed by atoms with E-state index in [4.69, 9.17) is 5.73 Å². The van der Waals surface area contributed by atoms with Crippen LogP contribution in [-0.2, 0) is 4.79 Å². The molecule has 0 bridgehead atoms. The Morgan fingerprint density at radius 2 is 2.27 bits per heavy atom. The number of nitrogens with one attached hydrogen (secondary N) is 1. The minimum Gasteiger partial charge on any atom is -0.505 e. The number of pyridine rings is 1. The Bertz CT molecular complexity index is 379. The van der Waals surface area contributed by atoms with Gasteiger partial charge in [0.2, 0.25) is 5.91 Å². The maximum Gasteiger partial charge on any atom is 0.273 e. The molecule has 0 saturated heterocycles. The van der Waals surface area contributed by atoms with Crippen LogP contribution in [-0.4, -0.2) is 28.4 Å². The summed E-state index contributed by atoms with van der Waals surface area (Å²) >= 11 is 0. The van der Waals surface area contributed by atoms with Crippen LogP contribution in [0, 0.1) is 0 Å². The van der Waals surface area contributed by atoms with Crippen molar-refractivity contribution in [1.29, 1.82) is 0 Å². The Kier molecular flexibility index (Phi) is 3.61. The molecule has 0 radical (unpaired) electrons. The number of hydrogen-bond donors (Lipinski definition) is 3. The summed E-state index contributed by atoms with van der Waals surface area (Å²) in [6.07, 6.45) is 1.45. The van der Waals surface area contributed by atoms with E-state index in [0.29, 0.717) is 0 Å². The van der Waals surface area contributed by atoms with E-state index in [1.165, 1.54) is 18.3 Å². The van der Waals surface area contributed by atoms with Gasteiger partial charge in [-0.25, -0.2) is 4.98 Å². The monoisotopic (exact) mass is 209 g/mol. The number of nitrogens with zero attached hydrogens (tertiary/aromatic N) is 1. The standard InChI is InChI=1S/C9H11N3O3/c10-7(14)3-5-12-9(15)8-6(13)2-1-4-11-8/h1-2,4,13H,3,5H2,(H2,10,14)(H,12,15). The van der Waals surface area contributed by atoms with Gasteiger partial charge in [0.15, 0.2) is 5.69 Å². The normalized spacial score (nSPS) is 9.60. The molecule has 6 heteroatoms. The van der Waals surface area contributed by atoms with Crippen molar-refractivity contribution < 1.29 is 14.7 Å². The van der Waals surface area contributed by atoms with Gasteiger partial charge in [0.25, 0.3) is 5.91 Å². The second-order valence-corrected chi connectivity index (χ2v) is 2.84. The lowest BCUT2D eigenvalue weighted by Crippen LogP contribution is -2.28. The van der Waals surface area contributed by atoms with Gasteiger partial charge in [0, 0.05) is 19.2 Å². The topological polar surface area (TPSA) is 105 Å². The molecule has 1 rings (SSSR count). The van der Waals surface area contributed by atoms with E-state index in [1.807, 2.05) is 0 Å².